The number of rotatable bonds is 5. The number of likely N-dealkylation sites (tertiary alicyclic amines) is 1. The van der Waals surface area contributed by atoms with Gasteiger partial charge in [-0.25, -0.2) is 4.79 Å². The highest BCUT2D eigenvalue weighted by Gasteiger charge is 2.24. The van der Waals surface area contributed by atoms with Crippen LogP contribution in [0.3, 0.4) is 0 Å². The van der Waals surface area contributed by atoms with Gasteiger partial charge in [0.1, 0.15) is 23.8 Å². The van der Waals surface area contributed by atoms with E-state index in [0.29, 0.717) is 46.2 Å². The second-order valence-corrected chi connectivity index (χ2v) is 8.12. The van der Waals surface area contributed by atoms with Crippen LogP contribution in [-0.2, 0) is 6.54 Å². The van der Waals surface area contributed by atoms with Gasteiger partial charge in [0.25, 0.3) is 0 Å². The summed E-state index contributed by atoms with van der Waals surface area (Å²) in [5.74, 6) is 2.01. The van der Waals surface area contributed by atoms with Crippen LogP contribution in [0.4, 0.5) is 0 Å². The molecule has 3 aromatic rings. The van der Waals surface area contributed by atoms with E-state index in [1.165, 1.54) is 17.7 Å². The van der Waals surface area contributed by atoms with E-state index in [1.54, 1.807) is 50.6 Å². The van der Waals surface area contributed by atoms with Crippen LogP contribution in [0.5, 0.6) is 17.2 Å². The predicted octanol–water partition coefficient (Wildman–Crippen LogP) is 3.00. The largest absolute Gasteiger partial charge is 0.507 e. The molecule has 6 heteroatoms. The van der Waals surface area contributed by atoms with Crippen molar-refractivity contribution in [3.8, 4) is 28.4 Å². The highest BCUT2D eigenvalue weighted by molar-refractivity contribution is 5.86. The van der Waals surface area contributed by atoms with Gasteiger partial charge in [0.05, 0.1) is 38.4 Å². The molecule has 0 radical (unpaired) electrons. The van der Waals surface area contributed by atoms with Crippen LogP contribution in [0.1, 0.15) is 25.3 Å². The molecule has 6 nitrogen and oxygen atoms in total. The third kappa shape index (κ3) is 3.87. The number of piperidine rings is 1. The summed E-state index contributed by atoms with van der Waals surface area (Å²) >= 11 is 0. The average Bonchev–Trinajstić information content (AvgIpc) is 2.75. The Hall–Kier alpha value is -2.99. The van der Waals surface area contributed by atoms with Crippen molar-refractivity contribution in [3.63, 3.8) is 0 Å². The summed E-state index contributed by atoms with van der Waals surface area (Å²) in [6.07, 6.45) is 2.41. The number of ether oxygens (including phenoxy) is 2. The third-order valence-corrected chi connectivity index (χ3v) is 5.97. The first-order valence-corrected chi connectivity index (χ1v) is 10.3. The molecule has 1 aromatic heterocycles. The number of quaternary nitrogens is 1. The molecule has 2 N–H and O–H groups in total. The molecule has 1 aliphatic heterocycles. The molecule has 30 heavy (non-hydrogen) atoms. The first-order valence-electron chi connectivity index (χ1n) is 10.3. The normalized spacial score (nSPS) is 19.0. The Balaban J connectivity index is 1.81. The Kier molecular flexibility index (Phi) is 5.68. The van der Waals surface area contributed by atoms with Crippen molar-refractivity contribution < 1.29 is 23.9 Å². The maximum atomic E-state index is 13.0. The molecule has 1 fully saturated rings. The Bertz CT molecular complexity index is 1120. The minimum Gasteiger partial charge on any atom is -0.507 e. The fraction of sp³-hybridized carbons (Fsp3) is 0.375. The van der Waals surface area contributed by atoms with E-state index >= 15 is 0 Å². The summed E-state index contributed by atoms with van der Waals surface area (Å²) in [4.78, 5) is 14.4. The Morgan fingerprint density at radius 1 is 1.13 bits per heavy atom. The lowest BCUT2D eigenvalue weighted by molar-refractivity contribution is -0.922. The van der Waals surface area contributed by atoms with Crippen LogP contribution in [0.15, 0.2) is 45.6 Å². The summed E-state index contributed by atoms with van der Waals surface area (Å²) in [7, 11) is 3.14. The van der Waals surface area contributed by atoms with Crippen LogP contribution >= 0.6 is 0 Å². The van der Waals surface area contributed by atoms with Gasteiger partial charge in [0, 0.05) is 16.9 Å². The zero-order valence-corrected chi connectivity index (χ0v) is 17.7. The van der Waals surface area contributed by atoms with Gasteiger partial charge in [-0.1, -0.05) is 6.92 Å². The van der Waals surface area contributed by atoms with Crippen molar-refractivity contribution in [2.24, 2.45) is 5.92 Å². The van der Waals surface area contributed by atoms with E-state index < -0.39 is 5.63 Å². The van der Waals surface area contributed by atoms with E-state index in [0.717, 1.165) is 18.5 Å². The summed E-state index contributed by atoms with van der Waals surface area (Å²) in [6, 6.07) is 10.6. The van der Waals surface area contributed by atoms with Crippen molar-refractivity contribution in [2.45, 2.75) is 26.3 Å². The molecule has 2 aromatic carbocycles. The average molecular weight is 410 g/mol. The lowest BCUT2D eigenvalue weighted by atomic mass is 9.99. The molecule has 0 amide bonds. The van der Waals surface area contributed by atoms with Gasteiger partial charge in [0.15, 0.2) is 5.58 Å². The predicted molar refractivity (Wildman–Crippen MR) is 115 cm³/mol. The molecule has 2 heterocycles. The quantitative estimate of drug-likeness (QED) is 0.633. The molecule has 4 rings (SSSR count). The summed E-state index contributed by atoms with van der Waals surface area (Å²) in [6.45, 7) is 5.01. The molecule has 0 bridgehead atoms. The Labute approximate surface area is 175 Å². The topological polar surface area (TPSA) is 73.3 Å². The van der Waals surface area contributed by atoms with Crippen molar-refractivity contribution >= 4 is 11.0 Å². The van der Waals surface area contributed by atoms with Crippen LogP contribution in [0.25, 0.3) is 22.1 Å². The van der Waals surface area contributed by atoms with Crippen LogP contribution in [0, 0.1) is 5.92 Å². The first kappa shape index (κ1) is 20.3. The Morgan fingerprint density at radius 2 is 1.97 bits per heavy atom. The number of hydrogen-bond acceptors (Lipinski definition) is 5. The SMILES string of the molecule is COc1ccc(OC)c(-c2cc3ccc(O)c(C[NH+]4CCC[C@H](C)C4)c3oc2=O)c1. The van der Waals surface area contributed by atoms with Crippen molar-refractivity contribution in [3.05, 3.63) is 52.4 Å². The van der Waals surface area contributed by atoms with E-state index in [9.17, 15) is 9.90 Å². The summed E-state index contributed by atoms with van der Waals surface area (Å²) in [5, 5.41) is 11.3. The lowest BCUT2D eigenvalue weighted by Crippen LogP contribution is -3.12. The molecule has 0 spiro atoms. The highest BCUT2D eigenvalue weighted by atomic mass is 16.5. The highest BCUT2D eigenvalue weighted by Crippen LogP contribution is 2.34. The minimum atomic E-state index is -0.470. The van der Waals surface area contributed by atoms with E-state index in [4.69, 9.17) is 13.9 Å². The molecular formula is C24H28NO5+. The number of nitrogens with one attached hydrogen (secondary N) is 1. The van der Waals surface area contributed by atoms with Gasteiger partial charge in [-0.05, 0) is 49.2 Å². The number of aromatic hydroxyl groups is 1. The number of hydrogen-bond donors (Lipinski definition) is 2. The van der Waals surface area contributed by atoms with Crippen LogP contribution < -0.4 is 20.0 Å². The lowest BCUT2D eigenvalue weighted by Gasteiger charge is -2.28. The number of fused-ring (bicyclic) bond motifs is 1. The monoisotopic (exact) mass is 410 g/mol. The van der Waals surface area contributed by atoms with Gasteiger partial charge < -0.3 is 23.9 Å². The fourth-order valence-corrected chi connectivity index (χ4v) is 4.42. The molecule has 0 aliphatic carbocycles. The standard InChI is InChI=1S/C24H27NO5/c1-15-5-4-10-25(13-15)14-20-21(26)8-6-16-11-19(24(27)30-23(16)20)18-12-17(28-2)7-9-22(18)29-3/h6-9,11-12,15,26H,4-5,10,13-14H2,1-3H3/p+1/t15-/m0/s1. The molecule has 1 unspecified atom stereocenters. The molecular weight excluding hydrogens is 382 g/mol. The second-order valence-electron chi connectivity index (χ2n) is 8.12. The number of phenols is 1. The van der Waals surface area contributed by atoms with Crippen LogP contribution in [-0.4, -0.2) is 32.4 Å². The number of benzene rings is 2. The Morgan fingerprint density at radius 3 is 2.70 bits per heavy atom. The zero-order valence-electron chi connectivity index (χ0n) is 17.7. The first-order chi connectivity index (χ1) is 14.5. The summed E-state index contributed by atoms with van der Waals surface area (Å²) < 4.78 is 16.5. The number of phenolic OH excluding ortho intramolecular Hbond substituents is 1. The maximum Gasteiger partial charge on any atom is 0.344 e. The summed E-state index contributed by atoms with van der Waals surface area (Å²) in [5.41, 5.74) is 1.68. The van der Waals surface area contributed by atoms with Crippen molar-refractivity contribution in [1.29, 1.82) is 0 Å². The van der Waals surface area contributed by atoms with Crippen LogP contribution in [0.2, 0.25) is 0 Å². The second kappa shape index (κ2) is 8.40. The smallest absolute Gasteiger partial charge is 0.344 e. The van der Waals surface area contributed by atoms with Crippen molar-refractivity contribution in [1.82, 2.24) is 0 Å². The maximum absolute atomic E-state index is 13.0. The van der Waals surface area contributed by atoms with Gasteiger partial charge >= 0.3 is 5.63 Å². The molecule has 0 saturated carbocycles. The fourth-order valence-electron chi connectivity index (χ4n) is 4.42. The molecule has 2 atom stereocenters. The van der Waals surface area contributed by atoms with Gasteiger partial charge in [-0.3, -0.25) is 0 Å². The molecule has 1 aliphatic rings. The minimum absolute atomic E-state index is 0.170. The number of methoxy groups -OCH3 is 2. The molecule has 1 saturated heterocycles. The van der Waals surface area contributed by atoms with Gasteiger partial charge in [-0.15, -0.1) is 0 Å². The van der Waals surface area contributed by atoms with Gasteiger partial charge in [0.2, 0.25) is 0 Å². The zero-order chi connectivity index (χ0) is 21.3. The van der Waals surface area contributed by atoms with E-state index in [1.807, 2.05) is 0 Å². The van der Waals surface area contributed by atoms with Crippen molar-refractivity contribution in [2.75, 3.05) is 27.3 Å². The third-order valence-electron chi connectivity index (χ3n) is 5.97. The molecule has 158 valence electrons. The van der Waals surface area contributed by atoms with E-state index in [-0.39, 0.29) is 5.75 Å². The van der Waals surface area contributed by atoms with E-state index in [2.05, 4.69) is 6.92 Å². The van der Waals surface area contributed by atoms with Gasteiger partial charge in [-0.2, -0.15) is 0 Å².